The number of nitrogens with zero attached hydrogens (tertiary/aromatic N) is 3. The van der Waals surface area contributed by atoms with Crippen LogP contribution >= 0.6 is 0 Å². The molecule has 0 saturated carbocycles. The van der Waals surface area contributed by atoms with Gasteiger partial charge in [0.15, 0.2) is 0 Å². The molecule has 94 valence electrons. The van der Waals surface area contributed by atoms with E-state index in [9.17, 15) is 4.79 Å². The zero-order valence-electron chi connectivity index (χ0n) is 10.1. The zero-order valence-corrected chi connectivity index (χ0v) is 10.1. The van der Waals surface area contributed by atoms with E-state index in [-0.39, 0.29) is 5.56 Å². The molecule has 0 amide bonds. The van der Waals surface area contributed by atoms with Crippen molar-refractivity contribution < 1.29 is 4.74 Å². The number of hydrogen-bond donors (Lipinski definition) is 1. The van der Waals surface area contributed by atoms with Crippen LogP contribution in [0.25, 0.3) is 22.3 Å². The van der Waals surface area contributed by atoms with Crippen LogP contribution in [0.15, 0.2) is 41.6 Å². The number of ether oxygens (including phenoxy) is 1. The van der Waals surface area contributed by atoms with Gasteiger partial charge in [0.1, 0.15) is 11.3 Å². The lowest BCUT2D eigenvalue weighted by atomic mass is 10.2. The van der Waals surface area contributed by atoms with Crippen molar-refractivity contribution in [3.63, 3.8) is 0 Å². The molecule has 0 fully saturated rings. The van der Waals surface area contributed by atoms with Crippen LogP contribution in [0.4, 0.5) is 0 Å². The van der Waals surface area contributed by atoms with Crippen molar-refractivity contribution in [1.29, 1.82) is 0 Å². The van der Waals surface area contributed by atoms with Crippen molar-refractivity contribution in [1.82, 2.24) is 19.9 Å². The van der Waals surface area contributed by atoms with Crippen LogP contribution in [0.1, 0.15) is 0 Å². The Balaban J connectivity index is 2.33. The third-order valence-corrected chi connectivity index (χ3v) is 2.74. The van der Waals surface area contributed by atoms with Crippen molar-refractivity contribution in [3.05, 3.63) is 47.1 Å². The second-order valence-electron chi connectivity index (χ2n) is 3.87. The minimum atomic E-state index is -0.225. The summed E-state index contributed by atoms with van der Waals surface area (Å²) in [7, 11) is 1.50. The van der Waals surface area contributed by atoms with Crippen LogP contribution in [0.2, 0.25) is 0 Å². The highest BCUT2D eigenvalue weighted by Gasteiger charge is 2.10. The van der Waals surface area contributed by atoms with Gasteiger partial charge < -0.3 is 9.72 Å². The lowest BCUT2D eigenvalue weighted by Gasteiger charge is -2.05. The summed E-state index contributed by atoms with van der Waals surface area (Å²) in [5.41, 5.74) is 0.998. The van der Waals surface area contributed by atoms with Crippen LogP contribution < -0.4 is 10.3 Å². The van der Waals surface area contributed by atoms with Gasteiger partial charge in [-0.05, 0) is 18.2 Å². The second kappa shape index (κ2) is 4.49. The number of pyridine rings is 2. The maximum absolute atomic E-state index is 12.0. The molecule has 0 aromatic carbocycles. The predicted molar refractivity (Wildman–Crippen MR) is 69.9 cm³/mol. The SMILES string of the molecule is COc1nccc2c(=O)[nH]c(-c3ccncc3)nc12. The molecule has 0 unspecified atom stereocenters. The topological polar surface area (TPSA) is 80.8 Å². The first-order chi connectivity index (χ1) is 9.29. The Morgan fingerprint density at radius 3 is 2.68 bits per heavy atom. The molecule has 3 aromatic rings. The first-order valence-corrected chi connectivity index (χ1v) is 5.63. The molecule has 3 heterocycles. The first kappa shape index (κ1) is 11.3. The standard InChI is InChI=1S/C13H10N4O2/c1-19-13-10-9(4-7-15-13)12(18)17-11(16-10)8-2-5-14-6-3-8/h2-7H,1H3,(H,16,17,18). The summed E-state index contributed by atoms with van der Waals surface area (Å²) < 4.78 is 5.13. The third kappa shape index (κ3) is 1.93. The molecule has 6 nitrogen and oxygen atoms in total. The number of methoxy groups -OCH3 is 1. The molecule has 3 aromatic heterocycles. The lowest BCUT2D eigenvalue weighted by Crippen LogP contribution is -2.10. The minimum Gasteiger partial charge on any atom is -0.479 e. The lowest BCUT2D eigenvalue weighted by molar-refractivity contribution is 0.402. The normalized spacial score (nSPS) is 10.6. The molecule has 0 aliphatic rings. The van der Waals surface area contributed by atoms with Gasteiger partial charge in [0.05, 0.1) is 12.5 Å². The number of nitrogens with one attached hydrogen (secondary N) is 1. The van der Waals surface area contributed by atoms with Gasteiger partial charge in [-0.15, -0.1) is 0 Å². The Hall–Kier alpha value is -2.76. The van der Waals surface area contributed by atoms with Gasteiger partial charge >= 0.3 is 0 Å². The summed E-state index contributed by atoms with van der Waals surface area (Å²) >= 11 is 0. The highest BCUT2D eigenvalue weighted by atomic mass is 16.5. The molecule has 1 N–H and O–H groups in total. The van der Waals surface area contributed by atoms with E-state index in [4.69, 9.17) is 4.74 Å². The van der Waals surface area contributed by atoms with Gasteiger partial charge in [-0.1, -0.05) is 0 Å². The van der Waals surface area contributed by atoms with E-state index in [0.29, 0.717) is 22.6 Å². The van der Waals surface area contributed by atoms with E-state index in [0.717, 1.165) is 5.56 Å². The van der Waals surface area contributed by atoms with Gasteiger partial charge in [0, 0.05) is 24.2 Å². The maximum Gasteiger partial charge on any atom is 0.259 e. The fourth-order valence-electron chi connectivity index (χ4n) is 1.84. The monoisotopic (exact) mass is 254 g/mol. The Bertz CT molecular complexity index is 784. The van der Waals surface area contributed by atoms with E-state index < -0.39 is 0 Å². The Morgan fingerprint density at radius 2 is 1.95 bits per heavy atom. The summed E-state index contributed by atoms with van der Waals surface area (Å²) in [6.45, 7) is 0. The van der Waals surface area contributed by atoms with Gasteiger partial charge in [-0.3, -0.25) is 9.78 Å². The summed E-state index contributed by atoms with van der Waals surface area (Å²) in [6, 6.07) is 5.15. The summed E-state index contributed by atoms with van der Waals surface area (Å²) in [5, 5.41) is 0.449. The number of aromatic amines is 1. The first-order valence-electron chi connectivity index (χ1n) is 5.63. The smallest absolute Gasteiger partial charge is 0.259 e. The van der Waals surface area contributed by atoms with Crippen molar-refractivity contribution in [2.75, 3.05) is 7.11 Å². The molecule has 6 heteroatoms. The van der Waals surface area contributed by atoms with E-state index >= 15 is 0 Å². The molecular weight excluding hydrogens is 244 g/mol. The highest BCUT2D eigenvalue weighted by molar-refractivity contribution is 5.83. The van der Waals surface area contributed by atoms with Crippen molar-refractivity contribution in [3.8, 4) is 17.3 Å². The number of rotatable bonds is 2. The van der Waals surface area contributed by atoms with Crippen LogP contribution in [-0.2, 0) is 0 Å². The molecule has 19 heavy (non-hydrogen) atoms. The largest absolute Gasteiger partial charge is 0.479 e. The molecule has 0 saturated heterocycles. The predicted octanol–water partition coefficient (Wildman–Crippen LogP) is 1.39. The summed E-state index contributed by atoms with van der Waals surface area (Å²) in [4.78, 5) is 27.2. The third-order valence-electron chi connectivity index (χ3n) is 2.74. The quantitative estimate of drug-likeness (QED) is 0.747. The minimum absolute atomic E-state index is 0.225. The number of H-pyrrole nitrogens is 1. The molecule has 0 bridgehead atoms. The van der Waals surface area contributed by atoms with Crippen LogP contribution in [0.5, 0.6) is 5.88 Å². The van der Waals surface area contributed by atoms with Crippen molar-refractivity contribution in [2.45, 2.75) is 0 Å². The van der Waals surface area contributed by atoms with E-state index in [2.05, 4.69) is 19.9 Å². The molecule has 0 radical (unpaired) electrons. The van der Waals surface area contributed by atoms with Gasteiger partial charge in [0.25, 0.3) is 5.56 Å². The summed E-state index contributed by atoms with van der Waals surface area (Å²) in [6.07, 6.45) is 4.80. The molecular formula is C13H10N4O2. The van der Waals surface area contributed by atoms with Gasteiger partial charge in [-0.2, -0.15) is 0 Å². The van der Waals surface area contributed by atoms with E-state index in [1.54, 1.807) is 30.6 Å². The van der Waals surface area contributed by atoms with E-state index in [1.807, 2.05) is 0 Å². The van der Waals surface area contributed by atoms with Crippen LogP contribution in [0, 0.1) is 0 Å². The fourth-order valence-corrected chi connectivity index (χ4v) is 1.84. The number of hydrogen-bond acceptors (Lipinski definition) is 5. The zero-order chi connectivity index (χ0) is 13.2. The van der Waals surface area contributed by atoms with Crippen molar-refractivity contribution in [2.24, 2.45) is 0 Å². The number of aromatic nitrogens is 4. The van der Waals surface area contributed by atoms with Gasteiger partial charge in [0.2, 0.25) is 5.88 Å². The highest BCUT2D eigenvalue weighted by Crippen LogP contribution is 2.20. The van der Waals surface area contributed by atoms with Gasteiger partial charge in [-0.25, -0.2) is 9.97 Å². The number of fused-ring (bicyclic) bond motifs is 1. The molecule has 0 spiro atoms. The fraction of sp³-hybridized carbons (Fsp3) is 0.0769. The second-order valence-corrected chi connectivity index (χ2v) is 3.87. The average Bonchev–Trinajstić information content (AvgIpc) is 2.47. The average molecular weight is 254 g/mol. The Kier molecular flexibility index (Phi) is 2.68. The Morgan fingerprint density at radius 1 is 1.16 bits per heavy atom. The Labute approximate surface area is 108 Å². The van der Waals surface area contributed by atoms with Crippen molar-refractivity contribution >= 4 is 10.9 Å². The van der Waals surface area contributed by atoms with Crippen LogP contribution in [0.3, 0.4) is 0 Å². The maximum atomic E-state index is 12.0. The van der Waals surface area contributed by atoms with E-state index in [1.165, 1.54) is 13.3 Å². The molecule has 0 aliphatic heterocycles. The summed E-state index contributed by atoms with van der Waals surface area (Å²) in [5.74, 6) is 0.796. The van der Waals surface area contributed by atoms with Crippen LogP contribution in [-0.4, -0.2) is 27.0 Å². The molecule has 0 aliphatic carbocycles. The molecule has 0 atom stereocenters. The molecule has 3 rings (SSSR count).